The van der Waals surface area contributed by atoms with Crippen molar-refractivity contribution in [3.05, 3.63) is 24.0 Å². The first kappa shape index (κ1) is 10.2. The van der Waals surface area contributed by atoms with E-state index in [2.05, 4.69) is 10.3 Å². The molecule has 0 unspecified atom stereocenters. The van der Waals surface area contributed by atoms with Gasteiger partial charge in [0.05, 0.1) is 12.0 Å². The van der Waals surface area contributed by atoms with Crippen molar-refractivity contribution in [3.63, 3.8) is 0 Å². The predicted octanol–water partition coefficient (Wildman–Crippen LogP) is 0.588. The number of hydrogen-bond donors (Lipinski definition) is 3. The molecule has 2 rings (SSSR count). The monoisotopic (exact) mass is 208 g/mol. The number of aromatic nitrogens is 1. The summed E-state index contributed by atoms with van der Waals surface area (Å²) < 4.78 is 0. The van der Waals surface area contributed by atoms with E-state index < -0.39 is 5.60 Å². The second-order valence-corrected chi connectivity index (χ2v) is 4.23. The highest BCUT2D eigenvalue weighted by atomic mass is 16.3. The van der Waals surface area contributed by atoms with Gasteiger partial charge in [0, 0.05) is 18.4 Å². The van der Waals surface area contributed by atoms with Crippen LogP contribution in [-0.4, -0.2) is 28.1 Å². The Kier molecular flexibility index (Phi) is 2.77. The fraction of sp³-hybridized carbons (Fsp3) is 0.545. The average molecular weight is 208 g/mol. The molecule has 0 radical (unpaired) electrons. The zero-order valence-electron chi connectivity index (χ0n) is 8.62. The number of aliphatic hydroxyl groups is 1. The standard InChI is InChI=1S/C11H16N2O2/c14-10(7-9-3-1-6-12-9)13-8-11(15)4-2-5-11/h1,3,6,12,15H,2,4-5,7-8H2,(H,13,14). The van der Waals surface area contributed by atoms with Gasteiger partial charge in [0.15, 0.2) is 0 Å². The largest absolute Gasteiger partial charge is 0.388 e. The molecule has 1 amide bonds. The molecule has 1 aromatic rings. The summed E-state index contributed by atoms with van der Waals surface area (Å²) in [5.41, 5.74) is 0.263. The Balaban J connectivity index is 1.73. The minimum absolute atomic E-state index is 0.0437. The molecule has 0 aliphatic heterocycles. The lowest BCUT2D eigenvalue weighted by Gasteiger charge is -2.36. The van der Waals surface area contributed by atoms with Gasteiger partial charge in [-0.3, -0.25) is 4.79 Å². The summed E-state index contributed by atoms with van der Waals surface area (Å²) >= 11 is 0. The van der Waals surface area contributed by atoms with Gasteiger partial charge in [0.25, 0.3) is 0 Å². The fourth-order valence-corrected chi connectivity index (χ4v) is 1.74. The zero-order valence-corrected chi connectivity index (χ0v) is 8.62. The number of H-pyrrole nitrogens is 1. The van der Waals surface area contributed by atoms with Crippen LogP contribution in [0.3, 0.4) is 0 Å². The van der Waals surface area contributed by atoms with E-state index in [0.717, 1.165) is 25.0 Å². The summed E-state index contributed by atoms with van der Waals surface area (Å²) in [7, 11) is 0. The van der Waals surface area contributed by atoms with E-state index in [9.17, 15) is 9.90 Å². The smallest absolute Gasteiger partial charge is 0.226 e. The normalized spacial score (nSPS) is 18.2. The number of carbonyl (C=O) groups excluding carboxylic acids is 1. The third-order valence-corrected chi connectivity index (χ3v) is 2.91. The molecule has 3 N–H and O–H groups in total. The van der Waals surface area contributed by atoms with Crippen LogP contribution in [0.25, 0.3) is 0 Å². The van der Waals surface area contributed by atoms with Gasteiger partial charge in [-0.05, 0) is 31.4 Å². The number of aromatic amines is 1. The Labute approximate surface area is 88.7 Å². The molecular formula is C11H16N2O2. The molecule has 0 spiro atoms. The first-order valence-corrected chi connectivity index (χ1v) is 5.29. The van der Waals surface area contributed by atoms with Gasteiger partial charge >= 0.3 is 0 Å². The Hall–Kier alpha value is -1.29. The van der Waals surface area contributed by atoms with Crippen molar-refractivity contribution >= 4 is 5.91 Å². The van der Waals surface area contributed by atoms with Crippen molar-refractivity contribution in [2.75, 3.05) is 6.54 Å². The van der Waals surface area contributed by atoms with E-state index in [1.165, 1.54) is 0 Å². The molecule has 4 nitrogen and oxygen atoms in total. The summed E-state index contributed by atoms with van der Waals surface area (Å²) in [5, 5.41) is 12.5. The van der Waals surface area contributed by atoms with Crippen LogP contribution in [0.15, 0.2) is 18.3 Å². The van der Waals surface area contributed by atoms with Gasteiger partial charge in [0.1, 0.15) is 0 Å². The van der Waals surface area contributed by atoms with Crippen molar-refractivity contribution in [1.29, 1.82) is 0 Å². The van der Waals surface area contributed by atoms with Crippen molar-refractivity contribution in [2.45, 2.75) is 31.3 Å². The highest BCUT2D eigenvalue weighted by Crippen LogP contribution is 2.30. The second-order valence-electron chi connectivity index (χ2n) is 4.23. The van der Waals surface area contributed by atoms with Crippen molar-refractivity contribution in [2.24, 2.45) is 0 Å². The summed E-state index contributed by atoms with van der Waals surface area (Å²) in [6.45, 7) is 0.381. The van der Waals surface area contributed by atoms with Gasteiger partial charge in [-0.1, -0.05) is 0 Å². The topological polar surface area (TPSA) is 65.1 Å². The van der Waals surface area contributed by atoms with E-state index in [1.54, 1.807) is 6.20 Å². The summed E-state index contributed by atoms with van der Waals surface area (Å²) in [6.07, 6.45) is 4.81. The van der Waals surface area contributed by atoms with Crippen LogP contribution in [-0.2, 0) is 11.2 Å². The third kappa shape index (κ3) is 2.59. The Morgan fingerprint density at radius 1 is 1.60 bits per heavy atom. The summed E-state index contributed by atoms with van der Waals surface area (Å²) in [6, 6.07) is 3.74. The fourth-order valence-electron chi connectivity index (χ4n) is 1.74. The van der Waals surface area contributed by atoms with Crippen molar-refractivity contribution in [3.8, 4) is 0 Å². The maximum atomic E-state index is 11.5. The molecule has 1 aromatic heterocycles. The van der Waals surface area contributed by atoms with Gasteiger partial charge in [-0.15, -0.1) is 0 Å². The van der Waals surface area contributed by atoms with Gasteiger partial charge in [-0.2, -0.15) is 0 Å². The second kappa shape index (κ2) is 4.06. The van der Waals surface area contributed by atoms with Crippen molar-refractivity contribution < 1.29 is 9.90 Å². The Morgan fingerprint density at radius 3 is 2.93 bits per heavy atom. The highest BCUT2D eigenvalue weighted by molar-refractivity contribution is 5.78. The minimum atomic E-state index is -0.634. The maximum Gasteiger partial charge on any atom is 0.226 e. The molecule has 0 aromatic carbocycles. The van der Waals surface area contributed by atoms with Crippen LogP contribution in [0, 0.1) is 0 Å². The van der Waals surface area contributed by atoms with Crippen LogP contribution in [0.2, 0.25) is 0 Å². The van der Waals surface area contributed by atoms with Gasteiger partial charge in [0.2, 0.25) is 5.91 Å². The molecule has 0 bridgehead atoms. The van der Waals surface area contributed by atoms with Crippen LogP contribution < -0.4 is 5.32 Å². The van der Waals surface area contributed by atoms with E-state index in [4.69, 9.17) is 0 Å². The van der Waals surface area contributed by atoms with E-state index in [0.29, 0.717) is 13.0 Å². The predicted molar refractivity (Wildman–Crippen MR) is 56.3 cm³/mol. The summed E-state index contributed by atoms with van der Waals surface area (Å²) in [5.74, 6) is -0.0437. The van der Waals surface area contributed by atoms with Crippen LogP contribution in [0.5, 0.6) is 0 Å². The maximum absolute atomic E-state index is 11.5. The molecule has 1 saturated carbocycles. The quantitative estimate of drug-likeness (QED) is 0.678. The average Bonchev–Trinajstić information content (AvgIpc) is 2.64. The van der Waals surface area contributed by atoms with Crippen LogP contribution in [0.4, 0.5) is 0 Å². The van der Waals surface area contributed by atoms with Gasteiger partial charge in [-0.25, -0.2) is 0 Å². The lowest BCUT2D eigenvalue weighted by molar-refractivity contribution is -0.122. The Bertz CT molecular complexity index is 328. The molecule has 0 saturated heterocycles. The molecule has 0 atom stereocenters. The van der Waals surface area contributed by atoms with Crippen molar-refractivity contribution in [1.82, 2.24) is 10.3 Å². The SMILES string of the molecule is O=C(Cc1ccc[nH]1)NCC1(O)CCC1. The molecule has 1 fully saturated rings. The number of amides is 1. The molecular weight excluding hydrogens is 192 g/mol. The number of nitrogens with one attached hydrogen (secondary N) is 2. The number of carbonyl (C=O) groups is 1. The highest BCUT2D eigenvalue weighted by Gasteiger charge is 2.34. The van der Waals surface area contributed by atoms with E-state index in [-0.39, 0.29) is 5.91 Å². The number of hydrogen-bond acceptors (Lipinski definition) is 2. The summed E-state index contributed by atoms with van der Waals surface area (Å²) in [4.78, 5) is 14.4. The van der Waals surface area contributed by atoms with E-state index in [1.807, 2.05) is 12.1 Å². The first-order chi connectivity index (χ1) is 7.18. The molecule has 4 heteroatoms. The van der Waals surface area contributed by atoms with Gasteiger partial charge < -0.3 is 15.4 Å². The lowest BCUT2D eigenvalue weighted by Crippen LogP contribution is -2.48. The molecule has 1 heterocycles. The first-order valence-electron chi connectivity index (χ1n) is 5.29. The molecule has 82 valence electrons. The zero-order chi connectivity index (χ0) is 10.7. The number of rotatable bonds is 4. The molecule has 15 heavy (non-hydrogen) atoms. The minimum Gasteiger partial charge on any atom is -0.388 e. The Morgan fingerprint density at radius 2 is 2.40 bits per heavy atom. The van der Waals surface area contributed by atoms with Crippen LogP contribution in [0.1, 0.15) is 25.0 Å². The van der Waals surface area contributed by atoms with E-state index >= 15 is 0 Å². The molecule has 1 aliphatic carbocycles. The lowest BCUT2D eigenvalue weighted by atomic mass is 9.80. The molecule has 1 aliphatic rings. The third-order valence-electron chi connectivity index (χ3n) is 2.91. The van der Waals surface area contributed by atoms with Crippen LogP contribution >= 0.6 is 0 Å².